The molecule has 0 atom stereocenters. The Morgan fingerprint density at radius 1 is 0.370 bits per heavy atom. The zero-order chi connectivity index (χ0) is 30.5. The Morgan fingerprint density at radius 3 is 1.63 bits per heavy atom. The molecule has 0 aliphatic heterocycles. The van der Waals surface area contributed by atoms with Crippen LogP contribution in [0.1, 0.15) is 0 Å². The summed E-state index contributed by atoms with van der Waals surface area (Å²) in [6.45, 7) is 0. The standard InChI is InChI=1S/C42H28N2OS/c1-4-13-29(14-5-1)43(32-23-25-35-34-19-10-11-21-38(34)45-39(35)27-32)33-24-26-36-41(28-33)46-40-22-12-20-37(42(36)40)44(30-15-6-2-7-16-30)31-17-8-3-9-18-31/h1-28H. The summed E-state index contributed by atoms with van der Waals surface area (Å²) in [6, 6.07) is 60.1. The monoisotopic (exact) mass is 608 g/mol. The number of hydrogen-bond acceptors (Lipinski definition) is 4. The molecule has 0 fully saturated rings. The highest BCUT2D eigenvalue weighted by molar-refractivity contribution is 7.26. The highest BCUT2D eigenvalue weighted by Gasteiger charge is 2.20. The molecule has 218 valence electrons. The average Bonchev–Trinajstić information content (AvgIpc) is 3.68. The van der Waals surface area contributed by atoms with Crippen LogP contribution in [0.5, 0.6) is 0 Å². The van der Waals surface area contributed by atoms with Gasteiger partial charge in [0, 0.05) is 65.4 Å². The average molecular weight is 609 g/mol. The molecule has 0 radical (unpaired) electrons. The second-order valence-corrected chi connectivity index (χ2v) is 12.5. The van der Waals surface area contributed by atoms with Crippen molar-refractivity contribution in [1.82, 2.24) is 0 Å². The first kappa shape index (κ1) is 26.6. The van der Waals surface area contributed by atoms with Gasteiger partial charge in [0.25, 0.3) is 0 Å². The van der Waals surface area contributed by atoms with E-state index in [-0.39, 0.29) is 0 Å². The van der Waals surface area contributed by atoms with Crippen molar-refractivity contribution >= 4 is 87.6 Å². The second kappa shape index (κ2) is 11.0. The van der Waals surface area contributed by atoms with E-state index in [0.717, 1.165) is 50.4 Å². The van der Waals surface area contributed by atoms with Crippen molar-refractivity contribution < 1.29 is 4.42 Å². The van der Waals surface area contributed by atoms with Crippen molar-refractivity contribution in [1.29, 1.82) is 0 Å². The van der Waals surface area contributed by atoms with Crippen molar-refractivity contribution in [2.24, 2.45) is 0 Å². The Labute approximate surface area is 270 Å². The molecule has 0 spiro atoms. The smallest absolute Gasteiger partial charge is 0.137 e. The largest absolute Gasteiger partial charge is 0.456 e. The summed E-state index contributed by atoms with van der Waals surface area (Å²) in [7, 11) is 0. The van der Waals surface area contributed by atoms with Crippen LogP contribution in [0.15, 0.2) is 174 Å². The normalized spacial score (nSPS) is 11.5. The number of anilines is 6. The molecule has 0 amide bonds. The summed E-state index contributed by atoms with van der Waals surface area (Å²) < 4.78 is 8.81. The molecule has 2 aromatic heterocycles. The number of hydrogen-bond donors (Lipinski definition) is 0. The van der Waals surface area contributed by atoms with Crippen LogP contribution in [0.3, 0.4) is 0 Å². The molecule has 0 saturated carbocycles. The number of furan rings is 1. The second-order valence-electron chi connectivity index (χ2n) is 11.4. The molecular weight excluding hydrogens is 581 g/mol. The van der Waals surface area contributed by atoms with Gasteiger partial charge in [-0.15, -0.1) is 11.3 Å². The maximum Gasteiger partial charge on any atom is 0.137 e. The lowest BCUT2D eigenvalue weighted by Gasteiger charge is -2.26. The van der Waals surface area contributed by atoms with Crippen LogP contribution in [0.2, 0.25) is 0 Å². The number of nitrogens with zero attached hydrogens (tertiary/aromatic N) is 2. The fourth-order valence-electron chi connectivity index (χ4n) is 6.58. The minimum atomic E-state index is 0.883. The summed E-state index contributed by atoms with van der Waals surface area (Å²) in [5.74, 6) is 0. The molecule has 7 aromatic carbocycles. The van der Waals surface area contributed by atoms with Gasteiger partial charge in [-0.1, -0.05) is 84.9 Å². The number of rotatable bonds is 6. The first-order valence-corrected chi connectivity index (χ1v) is 16.3. The van der Waals surface area contributed by atoms with Crippen molar-refractivity contribution in [3.63, 3.8) is 0 Å². The zero-order valence-corrected chi connectivity index (χ0v) is 25.7. The molecule has 0 bridgehead atoms. The summed E-state index contributed by atoms with van der Waals surface area (Å²) in [5, 5.41) is 4.77. The van der Waals surface area contributed by atoms with Crippen molar-refractivity contribution in [2.75, 3.05) is 9.80 Å². The van der Waals surface area contributed by atoms with Gasteiger partial charge in [0.1, 0.15) is 11.2 Å². The Balaban J connectivity index is 1.22. The fraction of sp³-hybridized carbons (Fsp3) is 0. The van der Waals surface area contributed by atoms with E-state index < -0.39 is 0 Å². The third kappa shape index (κ3) is 4.42. The molecular formula is C42H28N2OS. The molecule has 2 heterocycles. The third-order valence-corrected chi connectivity index (χ3v) is 9.74. The molecule has 0 aliphatic carbocycles. The summed E-state index contributed by atoms with van der Waals surface area (Å²) >= 11 is 1.84. The number of thiophene rings is 1. The van der Waals surface area contributed by atoms with Gasteiger partial charge in [0.15, 0.2) is 0 Å². The first-order valence-electron chi connectivity index (χ1n) is 15.4. The molecule has 9 aromatic rings. The third-order valence-electron chi connectivity index (χ3n) is 8.62. The lowest BCUT2D eigenvalue weighted by atomic mass is 10.1. The van der Waals surface area contributed by atoms with Gasteiger partial charge in [-0.3, -0.25) is 0 Å². The van der Waals surface area contributed by atoms with E-state index >= 15 is 0 Å². The molecule has 4 heteroatoms. The van der Waals surface area contributed by atoms with E-state index in [1.165, 1.54) is 25.9 Å². The van der Waals surface area contributed by atoms with E-state index in [2.05, 4.69) is 168 Å². The summed E-state index contributed by atoms with van der Waals surface area (Å²) in [4.78, 5) is 4.68. The van der Waals surface area contributed by atoms with Gasteiger partial charge in [-0.05, 0) is 78.9 Å². The zero-order valence-electron chi connectivity index (χ0n) is 24.9. The predicted octanol–water partition coefficient (Wildman–Crippen LogP) is 12.9. The maximum atomic E-state index is 6.30. The van der Waals surface area contributed by atoms with Crippen molar-refractivity contribution in [3.8, 4) is 0 Å². The summed E-state index contributed by atoms with van der Waals surface area (Å²) in [5.41, 5.74) is 8.48. The van der Waals surface area contributed by atoms with Gasteiger partial charge in [0.2, 0.25) is 0 Å². The quantitative estimate of drug-likeness (QED) is 0.187. The van der Waals surface area contributed by atoms with Crippen LogP contribution in [0, 0.1) is 0 Å². The van der Waals surface area contributed by atoms with Crippen LogP contribution < -0.4 is 9.80 Å². The number of benzene rings is 7. The van der Waals surface area contributed by atoms with Crippen molar-refractivity contribution in [3.05, 3.63) is 170 Å². The van der Waals surface area contributed by atoms with Crippen LogP contribution in [0.25, 0.3) is 42.1 Å². The SMILES string of the molecule is c1ccc(N(c2ccc3c(c2)oc2ccccc23)c2ccc3c(c2)sc2cccc(N(c4ccccc4)c4ccccc4)c23)cc1. The van der Waals surface area contributed by atoms with E-state index in [1.807, 2.05) is 23.5 Å². The van der Waals surface area contributed by atoms with Crippen LogP contribution in [0.4, 0.5) is 34.1 Å². The van der Waals surface area contributed by atoms with E-state index in [4.69, 9.17) is 4.42 Å². The van der Waals surface area contributed by atoms with E-state index in [1.54, 1.807) is 0 Å². The van der Waals surface area contributed by atoms with Crippen LogP contribution in [-0.2, 0) is 0 Å². The first-order chi connectivity index (χ1) is 22.8. The van der Waals surface area contributed by atoms with Crippen LogP contribution >= 0.6 is 11.3 Å². The Bertz CT molecular complexity index is 2440. The minimum absolute atomic E-state index is 0.883. The van der Waals surface area contributed by atoms with E-state index in [9.17, 15) is 0 Å². The minimum Gasteiger partial charge on any atom is -0.456 e. The molecule has 0 aliphatic rings. The van der Waals surface area contributed by atoms with Crippen molar-refractivity contribution in [2.45, 2.75) is 0 Å². The van der Waals surface area contributed by atoms with Gasteiger partial charge in [0.05, 0.1) is 5.69 Å². The Morgan fingerprint density at radius 2 is 0.935 bits per heavy atom. The van der Waals surface area contributed by atoms with Crippen LogP contribution in [-0.4, -0.2) is 0 Å². The number of para-hydroxylation sites is 4. The Hall–Kier alpha value is -5.84. The molecule has 0 N–H and O–H groups in total. The lowest BCUT2D eigenvalue weighted by molar-refractivity contribution is 0.669. The van der Waals surface area contributed by atoms with Gasteiger partial charge >= 0.3 is 0 Å². The molecule has 0 saturated heterocycles. The van der Waals surface area contributed by atoms with E-state index in [0.29, 0.717) is 0 Å². The molecule has 3 nitrogen and oxygen atoms in total. The van der Waals surface area contributed by atoms with Gasteiger partial charge < -0.3 is 14.2 Å². The van der Waals surface area contributed by atoms with Gasteiger partial charge in [-0.25, -0.2) is 0 Å². The molecule has 9 rings (SSSR count). The summed E-state index contributed by atoms with van der Waals surface area (Å²) in [6.07, 6.45) is 0. The topological polar surface area (TPSA) is 19.6 Å². The molecule has 46 heavy (non-hydrogen) atoms. The highest BCUT2D eigenvalue weighted by Crippen LogP contribution is 2.47. The molecule has 0 unspecified atom stereocenters. The fourth-order valence-corrected chi connectivity index (χ4v) is 7.74. The lowest BCUT2D eigenvalue weighted by Crippen LogP contribution is -2.10. The predicted molar refractivity (Wildman–Crippen MR) is 196 cm³/mol. The number of fused-ring (bicyclic) bond motifs is 6. The highest BCUT2D eigenvalue weighted by atomic mass is 32.1. The Kier molecular flexibility index (Phi) is 6.32. The maximum absolute atomic E-state index is 6.30. The van der Waals surface area contributed by atoms with Gasteiger partial charge in [-0.2, -0.15) is 0 Å².